The highest BCUT2D eigenvalue weighted by molar-refractivity contribution is 5.80. The molecule has 138 valence electrons. The number of hydrogen-bond acceptors (Lipinski definition) is 4. The molecule has 1 fully saturated rings. The molecule has 1 atom stereocenters. The van der Waals surface area contributed by atoms with Gasteiger partial charge in [-0.2, -0.15) is 0 Å². The van der Waals surface area contributed by atoms with Crippen LogP contribution < -0.4 is 5.32 Å². The molecule has 27 heavy (non-hydrogen) atoms. The van der Waals surface area contributed by atoms with Crippen LogP contribution in [0.5, 0.6) is 0 Å². The summed E-state index contributed by atoms with van der Waals surface area (Å²) >= 11 is 0. The van der Waals surface area contributed by atoms with E-state index in [1.807, 2.05) is 42.6 Å². The van der Waals surface area contributed by atoms with Gasteiger partial charge in [-0.05, 0) is 54.5 Å². The van der Waals surface area contributed by atoms with Crippen molar-refractivity contribution in [3.05, 3.63) is 72.2 Å². The van der Waals surface area contributed by atoms with Gasteiger partial charge in [0.1, 0.15) is 0 Å². The van der Waals surface area contributed by atoms with Crippen LogP contribution in [0.3, 0.4) is 0 Å². The first kappa shape index (κ1) is 17.6. The summed E-state index contributed by atoms with van der Waals surface area (Å²) in [4.78, 5) is 21.2. The Kier molecular flexibility index (Phi) is 5.12. The van der Waals surface area contributed by atoms with Crippen molar-refractivity contribution in [2.75, 3.05) is 0 Å². The average Bonchev–Trinajstić information content (AvgIpc) is 2.69. The number of aliphatic hydroxyl groups is 1. The van der Waals surface area contributed by atoms with E-state index in [1.165, 1.54) is 0 Å². The number of pyridine rings is 2. The molecule has 2 N–H and O–H groups in total. The van der Waals surface area contributed by atoms with Crippen molar-refractivity contribution in [1.82, 2.24) is 15.3 Å². The molecule has 4 rings (SSSR count). The van der Waals surface area contributed by atoms with Gasteiger partial charge in [0, 0.05) is 30.4 Å². The van der Waals surface area contributed by atoms with E-state index in [0.717, 1.165) is 22.0 Å². The molecular formula is C22H23N3O2. The van der Waals surface area contributed by atoms with Crippen molar-refractivity contribution in [2.24, 2.45) is 5.92 Å². The minimum Gasteiger partial charge on any atom is -0.393 e. The van der Waals surface area contributed by atoms with Gasteiger partial charge in [0.05, 0.1) is 17.7 Å². The summed E-state index contributed by atoms with van der Waals surface area (Å²) in [6.45, 7) is 0. The van der Waals surface area contributed by atoms with Crippen LogP contribution in [0.25, 0.3) is 10.9 Å². The Morgan fingerprint density at radius 3 is 2.81 bits per heavy atom. The summed E-state index contributed by atoms with van der Waals surface area (Å²) in [5.41, 5.74) is 2.99. The molecule has 5 heteroatoms. The number of aromatic nitrogens is 2. The number of carbonyl (C=O) groups is 1. The number of para-hydroxylation sites is 1. The van der Waals surface area contributed by atoms with Crippen LogP contribution in [0.2, 0.25) is 0 Å². The minimum absolute atomic E-state index is 0.0124. The molecule has 1 aliphatic carbocycles. The van der Waals surface area contributed by atoms with Crippen LogP contribution in [-0.2, 0) is 11.2 Å². The molecule has 2 heterocycles. The van der Waals surface area contributed by atoms with E-state index in [4.69, 9.17) is 0 Å². The second-order valence-corrected chi connectivity index (χ2v) is 7.25. The van der Waals surface area contributed by atoms with E-state index in [9.17, 15) is 9.90 Å². The van der Waals surface area contributed by atoms with Gasteiger partial charge in [-0.3, -0.25) is 14.8 Å². The molecule has 0 saturated heterocycles. The summed E-state index contributed by atoms with van der Waals surface area (Å²) < 4.78 is 0. The van der Waals surface area contributed by atoms with Crippen molar-refractivity contribution < 1.29 is 9.90 Å². The second-order valence-electron chi connectivity index (χ2n) is 7.25. The van der Waals surface area contributed by atoms with Crippen LogP contribution in [0.15, 0.2) is 61.1 Å². The molecule has 0 unspecified atom stereocenters. The van der Waals surface area contributed by atoms with Gasteiger partial charge in [0.25, 0.3) is 0 Å². The lowest BCUT2D eigenvalue weighted by Crippen LogP contribution is -2.41. The van der Waals surface area contributed by atoms with E-state index in [2.05, 4.69) is 21.4 Å². The summed E-state index contributed by atoms with van der Waals surface area (Å²) in [6, 6.07) is 13.8. The van der Waals surface area contributed by atoms with Crippen LogP contribution in [-0.4, -0.2) is 27.1 Å². The monoisotopic (exact) mass is 361 g/mol. The van der Waals surface area contributed by atoms with E-state index in [-0.39, 0.29) is 24.0 Å². The van der Waals surface area contributed by atoms with Crippen LogP contribution in [0.4, 0.5) is 0 Å². The first-order valence-corrected chi connectivity index (χ1v) is 9.40. The number of rotatable bonds is 6. The number of benzene rings is 1. The number of aryl methyl sites for hydroxylation is 1. The van der Waals surface area contributed by atoms with Crippen molar-refractivity contribution in [1.29, 1.82) is 0 Å². The Bertz CT molecular complexity index is 923. The molecule has 0 aliphatic heterocycles. The number of nitrogens with zero attached hydrogens (tertiary/aromatic N) is 2. The predicted molar refractivity (Wildman–Crippen MR) is 104 cm³/mol. The fraction of sp³-hybridized carbons (Fsp3) is 0.318. The summed E-state index contributed by atoms with van der Waals surface area (Å²) in [7, 11) is 0. The van der Waals surface area contributed by atoms with E-state index in [1.54, 1.807) is 12.4 Å². The summed E-state index contributed by atoms with van der Waals surface area (Å²) in [5.74, 6) is 0.253. The standard InChI is InChI=1S/C22H23N3O2/c26-19-11-17(12-19)22(18-10-16-5-1-2-6-20(16)24-14-18)25-21(27)8-7-15-4-3-9-23-13-15/h1-6,9-10,13-14,17,19,22,26H,7-8,11-12H2,(H,25,27)/t17?,19?,22-/m0/s1. The highest BCUT2D eigenvalue weighted by atomic mass is 16.3. The zero-order valence-electron chi connectivity index (χ0n) is 15.1. The van der Waals surface area contributed by atoms with Gasteiger partial charge in [0.2, 0.25) is 5.91 Å². The zero-order chi connectivity index (χ0) is 18.6. The lowest BCUT2D eigenvalue weighted by Gasteiger charge is -2.38. The average molecular weight is 361 g/mol. The smallest absolute Gasteiger partial charge is 0.220 e. The van der Waals surface area contributed by atoms with E-state index >= 15 is 0 Å². The van der Waals surface area contributed by atoms with Gasteiger partial charge in [-0.25, -0.2) is 0 Å². The third-order valence-electron chi connectivity index (χ3n) is 5.27. The van der Waals surface area contributed by atoms with E-state index in [0.29, 0.717) is 25.7 Å². The number of aliphatic hydroxyl groups excluding tert-OH is 1. The lowest BCUT2D eigenvalue weighted by molar-refractivity contribution is -0.123. The zero-order valence-corrected chi connectivity index (χ0v) is 15.1. The maximum absolute atomic E-state index is 12.6. The molecule has 2 aromatic heterocycles. The molecule has 5 nitrogen and oxygen atoms in total. The molecule has 3 aromatic rings. The fourth-order valence-corrected chi connectivity index (χ4v) is 3.68. The maximum Gasteiger partial charge on any atom is 0.220 e. The molecule has 0 spiro atoms. The predicted octanol–water partition coefficient (Wildman–Crippen LogP) is 3.19. The van der Waals surface area contributed by atoms with Crippen LogP contribution >= 0.6 is 0 Å². The molecule has 1 saturated carbocycles. The highest BCUT2D eigenvalue weighted by Gasteiger charge is 2.35. The van der Waals surface area contributed by atoms with Gasteiger partial charge >= 0.3 is 0 Å². The Balaban J connectivity index is 1.49. The quantitative estimate of drug-likeness (QED) is 0.707. The Morgan fingerprint density at radius 1 is 1.19 bits per heavy atom. The molecule has 1 aromatic carbocycles. The fourth-order valence-electron chi connectivity index (χ4n) is 3.68. The summed E-state index contributed by atoms with van der Waals surface area (Å²) in [6.07, 6.45) is 7.60. The SMILES string of the molecule is O=C(CCc1cccnc1)N[C@H](c1cnc2ccccc2c1)C1CC(O)C1. The third kappa shape index (κ3) is 4.14. The minimum atomic E-state index is -0.266. The second kappa shape index (κ2) is 7.84. The van der Waals surface area contributed by atoms with Crippen LogP contribution in [0, 0.1) is 5.92 Å². The largest absolute Gasteiger partial charge is 0.393 e. The van der Waals surface area contributed by atoms with Crippen LogP contribution in [0.1, 0.15) is 36.4 Å². The third-order valence-corrected chi connectivity index (χ3v) is 5.27. The Morgan fingerprint density at radius 2 is 2.04 bits per heavy atom. The number of fused-ring (bicyclic) bond motifs is 1. The molecule has 1 amide bonds. The molecular weight excluding hydrogens is 338 g/mol. The van der Waals surface area contributed by atoms with Crippen molar-refractivity contribution in [3.63, 3.8) is 0 Å². The first-order valence-electron chi connectivity index (χ1n) is 9.40. The number of carbonyl (C=O) groups excluding carboxylic acids is 1. The topological polar surface area (TPSA) is 75.1 Å². The van der Waals surface area contributed by atoms with E-state index < -0.39 is 0 Å². The van der Waals surface area contributed by atoms with Crippen molar-refractivity contribution in [2.45, 2.75) is 37.8 Å². The number of amides is 1. The van der Waals surface area contributed by atoms with Gasteiger partial charge in [-0.15, -0.1) is 0 Å². The van der Waals surface area contributed by atoms with Crippen molar-refractivity contribution in [3.8, 4) is 0 Å². The number of hydrogen-bond donors (Lipinski definition) is 2. The molecule has 0 radical (unpaired) electrons. The van der Waals surface area contributed by atoms with Gasteiger partial charge < -0.3 is 10.4 Å². The summed E-state index contributed by atoms with van der Waals surface area (Å²) in [5, 5.41) is 14.0. The van der Waals surface area contributed by atoms with Crippen molar-refractivity contribution >= 4 is 16.8 Å². The Labute approximate surface area is 158 Å². The maximum atomic E-state index is 12.6. The highest BCUT2D eigenvalue weighted by Crippen LogP contribution is 2.38. The first-order chi connectivity index (χ1) is 13.2. The van der Waals surface area contributed by atoms with Gasteiger partial charge in [0.15, 0.2) is 0 Å². The molecule has 0 bridgehead atoms. The number of nitrogens with one attached hydrogen (secondary N) is 1. The lowest BCUT2D eigenvalue weighted by atomic mass is 9.75. The Hall–Kier alpha value is -2.79. The molecule has 1 aliphatic rings. The normalized spacial score (nSPS) is 20.0. The van der Waals surface area contributed by atoms with Gasteiger partial charge in [-0.1, -0.05) is 24.3 Å².